The molecule has 0 spiro atoms. The lowest BCUT2D eigenvalue weighted by Gasteiger charge is -2.06. The topological polar surface area (TPSA) is 72.2 Å². The molecule has 0 aliphatic rings. The molecule has 2 rings (SSSR count). The molecule has 1 aromatic carbocycles. The molecule has 0 unspecified atom stereocenters. The first-order valence-electron chi connectivity index (χ1n) is 4.51. The molecule has 1 N–H and O–H groups in total. The number of hydrogen-bond acceptors (Lipinski definition) is 3. The van der Waals surface area contributed by atoms with E-state index in [9.17, 15) is 14.0 Å². The van der Waals surface area contributed by atoms with Gasteiger partial charge in [-0.3, -0.25) is 9.48 Å². The summed E-state index contributed by atoms with van der Waals surface area (Å²) < 4.78 is 14.4. The third-order valence-corrected chi connectivity index (χ3v) is 2.59. The maximum atomic E-state index is 13.2. The Hall–Kier alpha value is -1.95. The zero-order chi connectivity index (χ0) is 12.7. The number of carbonyl (C=O) groups is 1. The SMILES string of the molecule is Cn1nc(C(=O)O)c(=O)c2cc(F)c(Cl)cc21. The molecular formula is C10H6ClFN2O3. The second kappa shape index (κ2) is 3.81. The van der Waals surface area contributed by atoms with E-state index >= 15 is 0 Å². The molecule has 7 heteroatoms. The Kier molecular flexibility index (Phi) is 2.59. The van der Waals surface area contributed by atoms with Crippen LogP contribution in [0.5, 0.6) is 0 Å². The Balaban J connectivity index is 2.99. The second-order valence-electron chi connectivity index (χ2n) is 3.39. The summed E-state index contributed by atoms with van der Waals surface area (Å²) in [4.78, 5) is 22.5. The highest BCUT2D eigenvalue weighted by atomic mass is 35.5. The van der Waals surface area contributed by atoms with E-state index in [-0.39, 0.29) is 15.9 Å². The fraction of sp³-hybridized carbons (Fsp3) is 0.100. The number of benzene rings is 1. The van der Waals surface area contributed by atoms with Crippen LogP contribution < -0.4 is 5.43 Å². The first-order valence-corrected chi connectivity index (χ1v) is 4.89. The molecule has 0 saturated heterocycles. The van der Waals surface area contributed by atoms with Gasteiger partial charge in [0.05, 0.1) is 15.9 Å². The summed E-state index contributed by atoms with van der Waals surface area (Å²) in [5, 5.41) is 12.1. The van der Waals surface area contributed by atoms with E-state index in [1.54, 1.807) is 0 Å². The van der Waals surface area contributed by atoms with Crippen molar-refractivity contribution in [2.24, 2.45) is 7.05 Å². The number of hydrogen-bond donors (Lipinski definition) is 1. The smallest absolute Gasteiger partial charge is 0.360 e. The minimum absolute atomic E-state index is 0.0678. The van der Waals surface area contributed by atoms with Crippen LogP contribution in [0.1, 0.15) is 10.5 Å². The lowest BCUT2D eigenvalue weighted by Crippen LogP contribution is -2.21. The van der Waals surface area contributed by atoms with Crippen molar-refractivity contribution in [3.63, 3.8) is 0 Å². The third-order valence-electron chi connectivity index (χ3n) is 2.30. The summed E-state index contributed by atoms with van der Waals surface area (Å²) in [5.74, 6) is -2.23. The highest BCUT2D eigenvalue weighted by Crippen LogP contribution is 2.20. The Labute approximate surface area is 99.0 Å². The number of halogens is 2. The van der Waals surface area contributed by atoms with Crippen molar-refractivity contribution >= 4 is 28.5 Å². The number of carboxylic acids is 1. The number of fused-ring (bicyclic) bond motifs is 1. The van der Waals surface area contributed by atoms with Crippen molar-refractivity contribution in [2.45, 2.75) is 0 Å². The Morgan fingerprint density at radius 1 is 1.53 bits per heavy atom. The van der Waals surface area contributed by atoms with Gasteiger partial charge in [-0.1, -0.05) is 11.6 Å². The summed E-state index contributed by atoms with van der Waals surface area (Å²) in [6.45, 7) is 0. The van der Waals surface area contributed by atoms with Gasteiger partial charge in [0, 0.05) is 7.05 Å². The van der Waals surface area contributed by atoms with E-state index in [1.165, 1.54) is 17.8 Å². The minimum atomic E-state index is -1.46. The van der Waals surface area contributed by atoms with Gasteiger partial charge in [0.15, 0.2) is 0 Å². The average Bonchev–Trinajstić information content (AvgIpc) is 2.25. The monoisotopic (exact) mass is 256 g/mol. The van der Waals surface area contributed by atoms with Crippen LogP contribution in [0.25, 0.3) is 10.9 Å². The number of rotatable bonds is 1. The fourth-order valence-corrected chi connectivity index (χ4v) is 1.66. The summed E-state index contributed by atoms with van der Waals surface area (Å²) in [6, 6.07) is 2.14. The van der Waals surface area contributed by atoms with Gasteiger partial charge in [-0.2, -0.15) is 5.10 Å². The van der Waals surface area contributed by atoms with E-state index in [4.69, 9.17) is 16.7 Å². The average molecular weight is 257 g/mol. The molecular weight excluding hydrogens is 251 g/mol. The van der Waals surface area contributed by atoms with Crippen LogP contribution in [0.15, 0.2) is 16.9 Å². The molecule has 0 radical (unpaired) electrons. The zero-order valence-electron chi connectivity index (χ0n) is 8.57. The largest absolute Gasteiger partial charge is 0.476 e. The predicted molar refractivity (Wildman–Crippen MR) is 58.9 cm³/mol. The Morgan fingerprint density at radius 3 is 2.76 bits per heavy atom. The highest BCUT2D eigenvalue weighted by molar-refractivity contribution is 6.31. The van der Waals surface area contributed by atoms with E-state index in [0.717, 1.165) is 6.07 Å². The molecule has 2 aromatic rings. The molecule has 0 fully saturated rings. The molecule has 0 aliphatic heterocycles. The number of nitrogens with zero attached hydrogens (tertiary/aromatic N) is 2. The summed E-state index contributed by atoms with van der Waals surface area (Å²) in [7, 11) is 1.45. The van der Waals surface area contributed by atoms with Gasteiger partial charge >= 0.3 is 5.97 Å². The lowest BCUT2D eigenvalue weighted by atomic mass is 10.2. The van der Waals surface area contributed by atoms with E-state index in [0.29, 0.717) is 0 Å². The molecule has 0 atom stereocenters. The van der Waals surface area contributed by atoms with E-state index in [2.05, 4.69) is 5.10 Å². The van der Waals surface area contributed by atoms with Crippen molar-refractivity contribution < 1.29 is 14.3 Å². The molecule has 1 heterocycles. The van der Waals surface area contributed by atoms with Gasteiger partial charge < -0.3 is 5.11 Å². The van der Waals surface area contributed by atoms with Crippen molar-refractivity contribution in [2.75, 3.05) is 0 Å². The maximum absolute atomic E-state index is 13.2. The van der Waals surface area contributed by atoms with E-state index < -0.39 is 22.9 Å². The molecule has 5 nitrogen and oxygen atoms in total. The van der Waals surface area contributed by atoms with Crippen molar-refractivity contribution in [3.05, 3.63) is 38.9 Å². The zero-order valence-corrected chi connectivity index (χ0v) is 9.32. The van der Waals surface area contributed by atoms with Crippen LogP contribution in [0.2, 0.25) is 5.02 Å². The number of aryl methyl sites for hydroxylation is 1. The Bertz CT molecular complexity index is 696. The van der Waals surface area contributed by atoms with Crippen LogP contribution in [-0.2, 0) is 7.05 Å². The van der Waals surface area contributed by atoms with Gasteiger partial charge in [-0.15, -0.1) is 0 Å². The van der Waals surface area contributed by atoms with Gasteiger partial charge in [-0.05, 0) is 12.1 Å². The number of aromatic carboxylic acids is 1. The molecule has 1 aromatic heterocycles. The molecule has 0 amide bonds. The van der Waals surface area contributed by atoms with Crippen molar-refractivity contribution in [3.8, 4) is 0 Å². The summed E-state index contributed by atoms with van der Waals surface area (Å²) in [5.41, 5.74) is -1.21. The van der Waals surface area contributed by atoms with Gasteiger partial charge in [0.2, 0.25) is 11.1 Å². The summed E-state index contributed by atoms with van der Waals surface area (Å²) in [6.07, 6.45) is 0. The van der Waals surface area contributed by atoms with Crippen LogP contribution in [0, 0.1) is 5.82 Å². The van der Waals surface area contributed by atoms with Gasteiger partial charge in [0.25, 0.3) is 0 Å². The number of aromatic nitrogens is 2. The maximum Gasteiger partial charge on any atom is 0.360 e. The third kappa shape index (κ3) is 1.76. The lowest BCUT2D eigenvalue weighted by molar-refractivity contribution is 0.0687. The van der Waals surface area contributed by atoms with Gasteiger partial charge in [0.1, 0.15) is 5.82 Å². The van der Waals surface area contributed by atoms with Gasteiger partial charge in [-0.25, -0.2) is 9.18 Å². The predicted octanol–water partition coefficient (Wildman–Crippen LogP) is 1.42. The normalized spacial score (nSPS) is 10.8. The summed E-state index contributed by atoms with van der Waals surface area (Å²) >= 11 is 5.58. The molecule has 17 heavy (non-hydrogen) atoms. The van der Waals surface area contributed by atoms with Crippen LogP contribution in [0.4, 0.5) is 4.39 Å². The van der Waals surface area contributed by atoms with E-state index in [1.807, 2.05) is 0 Å². The highest BCUT2D eigenvalue weighted by Gasteiger charge is 2.16. The second-order valence-corrected chi connectivity index (χ2v) is 3.80. The first-order chi connectivity index (χ1) is 7.91. The molecule has 0 aliphatic carbocycles. The minimum Gasteiger partial charge on any atom is -0.476 e. The number of carboxylic acid groups (broad SMARTS) is 1. The fourth-order valence-electron chi connectivity index (χ4n) is 1.50. The van der Waals surface area contributed by atoms with Crippen molar-refractivity contribution in [1.82, 2.24) is 9.78 Å². The van der Waals surface area contributed by atoms with Crippen LogP contribution in [0.3, 0.4) is 0 Å². The molecule has 88 valence electrons. The molecule has 0 bridgehead atoms. The quantitative estimate of drug-likeness (QED) is 0.838. The standard InChI is InChI=1S/C10H6ClFN2O3/c1-14-7-3-5(11)6(12)2-4(7)9(15)8(13-14)10(16)17/h2-3H,1H3,(H,16,17). The first kappa shape index (κ1) is 11.5. The molecule has 0 saturated carbocycles. The van der Waals surface area contributed by atoms with Crippen LogP contribution in [-0.4, -0.2) is 20.9 Å². The van der Waals surface area contributed by atoms with Crippen LogP contribution >= 0.6 is 11.6 Å². The van der Waals surface area contributed by atoms with Crippen molar-refractivity contribution in [1.29, 1.82) is 0 Å². The Morgan fingerprint density at radius 2 is 2.18 bits per heavy atom.